The van der Waals surface area contributed by atoms with E-state index in [1.165, 1.54) is 18.2 Å². The molecule has 2 aliphatic rings. The molecule has 1 saturated carbocycles. The Hall–Kier alpha value is -1.42. The first-order valence-corrected chi connectivity index (χ1v) is 5.86. The second-order valence-electron chi connectivity index (χ2n) is 5.05. The van der Waals surface area contributed by atoms with Gasteiger partial charge in [-0.2, -0.15) is 0 Å². The number of β-amino-alcohol motifs (C(OH)–C–C–N with tert-alkyl or cyclic N) is 1. The lowest BCUT2D eigenvalue weighted by atomic mass is 9.88. The lowest BCUT2D eigenvalue weighted by molar-refractivity contribution is -0.0958. The van der Waals surface area contributed by atoms with Crippen molar-refractivity contribution >= 4 is 5.91 Å². The third kappa shape index (κ3) is 1.82. The molecular formula is C13H14FNO2. The Morgan fingerprint density at radius 2 is 2.12 bits per heavy atom. The normalized spacial score (nSPS) is 22.1. The van der Waals surface area contributed by atoms with Gasteiger partial charge in [0.25, 0.3) is 5.91 Å². The number of hydrogen-bond donors (Lipinski definition) is 1. The summed E-state index contributed by atoms with van der Waals surface area (Å²) in [5, 5.41) is 10.1. The number of aliphatic hydroxyl groups is 1. The summed E-state index contributed by atoms with van der Waals surface area (Å²) >= 11 is 0. The lowest BCUT2D eigenvalue weighted by Crippen LogP contribution is -2.64. The van der Waals surface area contributed by atoms with Gasteiger partial charge in [-0.3, -0.25) is 4.79 Å². The van der Waals surface area contributed by atoms with Crippen LogP contribution in [0, 0.1) is 11.7 Å². The molecule has 3 nitrogen and oxygen atoms in total. The van der Waals surface area contributed by atoms with Gasteiger partial charge in [-0.25, -0.2) is 4.39 Å². The van der Waals surface area contributed by atoms with Gasteiger partial charge in [-0.15, -0.1) is 0 Å². The SMILES string of the molecule is O=C(c1cccc(F)c1)N1CC(O)(C2CC2)C1. The molecule has 1 saturated heterocycles. The highest BCUT2D eigenvalue weighted by Crippen LogP contribution is 2.44. The fraction of sp³-hybridized carbons (Fsp3) is 0.462. The first kappa shape index (κ1) is 10.7. The van der Waals surface area contributed by atoms with Crippen LogP contribution in [0.5, 0.6) is 0 Å². The van der Waals surface area contributed by atoms with E-state index in [9.17, 15) is 14.3 Å². The monoisotopic (exact) mass is 235 g/mol. The van der Waals surface area contributed by atoms with E-state index in [0.29, 0.717) is 24.6 Å². The van der Waals surface area contributed by atoms with Crippen LogP contribution in [0.2, 0.25) is 0 Å². The molecule has 2 fully saturated rings. The van der Waals surface area contributed by atoms with Gasteiger partial charge in [0.05, 0.1) is 13.1 Å². The van der Waals surface area contributed by atoms with E-state index in [1.807, 2.05) is 0 Å². The Morgan fingerprint density at radius 3 is 2.71 bits per heavy atom. The summed E-state index contributed by atoms with van der Waals surface area (Å²) in [4.78, 5) is 13.5. The van der Waals surface area contributed by atoms with Crippen LogP contribution in [0.25, 0.3) is 0 Å². The molecule has 1 aromatic carbocycles. The minimum absolute atomic E-state index is 0.199. The number of amides is 1. The van der Waals surface area contributed by atoms with Crippen molar-refractivity contribution < 1.29 is 14.3 Å². The molecule has 1 aliphatic carbocycles. The van der Waals surface area contributed by atoms with Gasteiger partial charge in [-0.1, -0.05) is 6.07 Å². The maximum absolute atomic E-state index is 13.0. The zero-order chi connectivity index (χ0) is 12.0. The maximum Gasteiger partial charge on any atom is 0.254 e. The molecule has 0 aromatic heterocycles. The summed E-state index contributed by atoms with van der Waals surface area (Å²) in [5.74, 6) is -0.247. The molecule has 1 aliphatic heterocycles. The smallest absolute Gasteiger partial charge is 0.254 e. The van der Waals surface area contributed by atoms with Crippen molar-refractivity contribution in [3.63, 3.8) is 0 Å². The molecule has 1 aromatic rings. The summed E-state index contributed by atoms with van der Waals surface area (Å²) in [6, 6.07) is 5.67. The van der Waals surface area contributed by atoms with Gasteiger partial charge < -0.3 is 10.0 Å². The fourth-order valence-corrected chi connectivity index (χ4v) is 2.44. The van der Waals surface area contributed by atoms with Crippen LogP contribution in [0.3, 0.4) is 0 Å². The van der Waals surface area contributed by atoms with Crippen molar-refractivity contribution in [2.75, 3.05) is 13.1 Å². The Kier molecular flexibility index (Phi) is 2.23. The highest BCUT2D eigenvalue weighted by Gasteiger charge is 2.53. The summed E-state index contributed by atoms with van der Waals surface area (Å²) in [6.07, 6.45) is 2.11. The molecule has 1 N–H and O–H groups in total. The number of nitrogens with zero attached hydrogens (tertiary/aromatic N) is 1. The standard InChI is InChI=1S/C13H14FNO2/c14-11-3-1-2-9(6-11)12(16)15-7-13(17,8-15)10-4-5-10/h1-3,6,10,17H,4-5,7-8H2. The molecular weight excluding hydrogens is 221 g/mol. The summed E-state index contributed by atoms with van der Waals surface area (Å²) in [6.45, 7) is 0.764. The fourth-order valence-electron chi connectivity index (χ4n) is 2.44. The Bertz CT molecular complexity index is 464. The summed E-state index contributed by atoms with van der Waals surface area (Å²) in [5.41, 5.74) is -0.328. The van der Waals surface area contributed by atoms with E-state index in [-0.39, 0.29) is 5.91 Å². The lowest BCUT2D eigenvalue weighted by Gasteiger charge is -2.47. The van der Waals surface area contributed by atoms with E-state index in [0.717, 1.165) is 12.8 Å². The molecule has 0 unspecified atom stereocenters. The number of likely N-dealkylation sites (tertiary alicyclic amines) is 1. The molecule has 3 rings (SSSR count). The van der Waals surface area contributed by atoms with Crippen LogP contribution in [0.15, 0.2) is 24.3 Å². The number of rotatable bonds is 2. The Labute approximate surface area is 98.9 Å². The zero-order valence-electron chi connectivity index (χ0n) is 9.40. The second-order valence-corrected chi connectivity index (χ2v) is 5.05. The largest absolute Gasteiger partial charge is 0.386 e. The molecule has 1 heterocycles. The highest BCUT2D eigenvalue weighted by molar-refractivity contribution is 5.95. The van der Waals surface area contributed by atoms with Crippen LogP contribution in [-0.4, -0.2) is 34.6 Å². The van der Waals surface area contributed by atoms with Crippen molar-refractivity contribution in [2.45, 2.75) is 18.4 Å². The Balaban J connectivity index is 1.69. The minimum Gasteiger partial charge on any atom is -0.386 e. The molecule has 0 spiro atoms. The van der Waals surface area contributed by atoms with Gasteiger partial charge in [0.15, 0.2) is 0 Å². The number of hydrogen-bond acceptors (Lipinski definition) is 2. The van der Waals surface area contributed by atoms with E-state index in [2.05, 4.69) is 0 Å². The van der Waals surface area contributed by atoms with Crippen LogP contribution in [0.4, 0.5) is 4.39 Å². The molecule has 0 radical (unpaired) electrons. The van der Waals surface area contributed by atoms with Gasteiger partial charge in [0, 0.05) is 5.56 Å². The van der Waals surface area contributed by atoms with Crippen molar-refractivity contribution in [3.05, 3.63) is 35.6 Å². The molecule has 17 heavy (non-hydrogen) atoms. The van der Waals surface area contributed by atoms with Crippen molar-refractivity contribution in [1.29, 1.82) is 0 Å². The number of carbonyl (C=O) groups is 1. The maximum atomic E-state index is 13.0. The third-order valence-electron chi connectivity index (χ3n) is 3.63. The molecule has 1 amide bonds. The van der Waals surface area contributed by atoms with E-state index in [1.54, 1.807) is 11.0 Å². The molecule has 90 valence electrons. The summed E-state index contributed by atoms with van der Waals surface area (Å²) < 4.78 is 13.0. The topological polar surface area (TPSA) is 40.5 Å². The van der Waals surface area contributed by atoms with Crippen LogP contribution in [-0.2, 0) is 0 Å². The van der Waals surface area contributed by atoms with Gasteiger partial charge in [-0.05, 0) is 37.0 Å². The van der Waals surface area contributed by atoms with Gasteiger partial charge >= 0.3 is 0 Å². The molecule has 0 bridgehead atoms. The average Bonchev–Trinajstić information content (AvgIpc) is 3.08. The second kappa shape index (κ2) is 3.53. The van der Waals surface area contributed by atoms with E-state index in [4.69, 9.17) is 0 Å². The first-order chi connectivity index (χ1) is 8.08. The number of benzene rings is 1. The van der Waals surface area contributed by atoms with Crippen LogP contribution in [0.1, 0.15) is 23.2 Å². The zero-order valence-corrected chi connectivity index (χ0v) is 9.40. The third-order valence-corrected chi connectivity index (χ3v) is 3.63. The number of halogens is 1. The molecule has 0 atom stereocenters. The van der Waals surface area contributed by atoms with Crippen LogP contribution >= 0.6 is 0 Å². The predicted molar refractivity (Wildman–Crippen MR) is 60.0 cm³/mol. The average molecular weight is 235 g/mol. The minimum atomic E-state index is -0.678. The van der Waals surface area contributed by atoms with Gasteiger partial charge in [0.2, 0.25) is 0 Å². The quantitative estimate of drug-likeness (QED) is 0.842. The summed E-state index contributed by atoms with van der Waals surface area (Å²) in [7, 11) is 0. The highest BCUT2D eigenvalue weighted by atomic mass is 19.1. The first-order valence-electron chi connectivity index (χ1n) is 5.86. The van der Waals surface area contributed by atoms with E-state index >= 15 is 0 Å². The van der Waals surface area contributed by atoms with Gasteiger partial charge in [0.1, 0.15) is 11.4 Å². The van der Waals surface area contributed by atoms with E-state index < -0.39 is 11.4 Å². The van der Waals surface area contributed by atoms with Crippen LogP contribution < -0.4 is 0 Å². The number of carbonyl (C=O) groups excluding carboxylic acids is 1. The van der Waals surface area contributed by atoms with Crippen molar-refractivity contribution in [2.24, 2.45) is 5.92 Å². The Morgan fingerprint density at radius 1 is 1.41 bits per heavy atom. The van der Waals surface area contributed by atoms with Crippen molar-refractivity contribution in [1.82, 2.24) is 4.90 Å². The molecule has 4 heteroatoms. The predicted octanol–water partition coefficient (Wildman–Crippen LogP) is 1.42. The van der Waals surface area contributed by atoms with Crippen molar-refractivity contribution in [3.8, 4) is 0 Å².